The Morgan fingerprint density at radius 1 is 1.32 bits per heavy atom. The van der Waals surface area contributed by atoms with Crippen molar-refractivity contribution >= 4 is 12.4 Å². The van der Waals surface area contributed by atoms with E-state index in [2.05, 4.69) is 5.32 Å². The van der Waals surface area contributed by atoms with Gasteiger partial charge in [-0.3, -0.25) is 0 Å². The van der Waals surface area contributed by atoms with Gasteiger partial charge in [0, 0.05) is 6.42 Å². The molecule has 0 atom stereocenters. The van der Waals surface area contributed by atoms with Crippen molar-refractivity contribution < 1.29 is 19.1 Å². The lowest BCUT2D eigenvalue weighted by Gasteiger charge is -2.52. The minimum atomic E-state index is -0.494. The highest BCUT2D eigenvalue weighted by molar-refractivity contribution is 5.69. The van der Waals surface area contributed by atoms with Crippen molar-refractivity contribution in [2.24, 2.45) is 0 Å². The molecule has 2 saturated heterocycles. The predicted octanol–water partition coefficient (Wildman–Crippen LogP) is 2.18. The highest BCUT2D eigenvalue weighted by Crippen LogP contribution is 2.45. The van der Waals surface area contributed by atoms with Gasteiger partial charge in [0.05, 0.1) is 17.7 Å². The molecule has 0 spiro atoms. The Labute approximate surface area is 114 Å². The average molecular weight is 269 g/mol. The highest BCUT2D eigenvalue weighted by atomic mass is 16.6. The van der Waals surface area contributed by atoms with E-state index in [0.29, 0.717) is 13.0 Å². The van der Waals surface area contributed by atoms with E-state index in [0.717, 1.165) is 32.0 Å². The van der Waals surface area contributed by atoms with Crippen LogP contribution in [0.25, 0.3) is 0 Å². The number of ether oxygens (including phenoxy) is 2. The van der Waals surface area contributed by atoms with Gasteiger partial charge in [-0.1, -0.05) is 0 Å². The van der Waals surface area contributed by atoms with Gasteiger partial charge in [-0.15, -0.1) is 0 Å². The summed E-state index contributed by atoms with van der Waals surface area (Å²) in [5.74, 6) is 0. The van der Waals surface area contributed by atoms with Crippen molar-refractivity contribution in [1.82, 2.24) is 5.32 Å². The van der Waals surface area contributed by atoms with Gasteiger partial charge in [0.15, 0.2) is 0 Å². The first kappa shape index (κ1) is 14.3. The molecule has 1 amide bonds. The molecule has 3 aliphatic rings. The van der Waals surface area contributed by atoms with E-state index < -0.39 is 5.60 Å². The van der Waals surface area contributed by atoms with Crippen LogP contribution in [0, 0.1) is 0 Å². The maximum atomic E-state index is 11.9. The summed E-state index contributed by atoms with van der Waals surface area (Å²) in [6.45, 7) is 6.01. The molecular weight excluding hydrogens is 246 g/mol. The molecule has 108 valence electrons. The number of carbonyl (C=O) groups is 2. The summed E-state index contributed by atoms with van der Waals surface area (Å²) < 4.78 is 11.1. The standard InChI is InChI=1S/C14H23NO4/c1-12(2,3)19-11(17)15-13-4-6-14(7-5-13,8-9-16)18-10-13/h9H,4-8,10H2,1-3H3,(H,15,17). The number of nitrogens with one attached hydrogen (secondary N) is 1. The molecule has 0 unspecified atom stereocenters. The van der Waals surface area contributed by atoms with Crippen LogP contribution < -0.4 is 5.32 Å². The number of hydrogen-bond acceptors (Lipinski definition) is 4. The summed E-state index contributed by atoms with van der Waals surface area (Å²) in [7, 11) is 0. The van der Waals surface area contributed by atoms with Crippen LogP contribution in [0.1, 0.15) is 52.9 Å². The Kier molecular flexibility index (Phi) is 3.60. The van der Waals surface area contributed by atoms with Gasteiger partial charge in [0.1, 0.15) is 11.9 Å². The molecule has 19 heavy (non-hydrogen) atoms. The predicted molar refractivity (Wildman–Crippen MR) is 69.9 cm³/mol. The van der Waals surface area contributed by atoms with E-state index in [1.807, 2.05) is 20.8 Å². The van der Waals surface area contributed by atoms with Crippen LogP contribution in [-0.4, -0.2) is 35.7 Å². The minimum Gasteiger partial charge on any atom is -0.444 e. The smallest absolute Gasteiger partial charge is 0.408 e. The molecule has 0 aromatic heterocycles. The topological polar surface area (TPSA) is 64.6 Å². The summed E-state index contributed by atoms with van der Waals surface area (Å²) in [4.78, 5) is 22.6. The third-order valence-electron chi connectivity index (χ3n) is 3.99. The van der Waals surface area contributed by atoms with E-state index in [9.17, 15) is 9.59 Å². The third kappa shape index (κ3) is 3.26. The fourth-order valence-corrected chi connectivity index (χ4v) is 2.86. The maximum Gasteiger partial charge on any atom is 0.408 e. The van der Waals surface area contributed by atoms with Gasteiger partial charge < -0.3 is 19.6 Å². The zero-order chi connectivity index (χ0) is 14.1. The van der Waals surface area contributed by atoms with Crippen molar-refractivity contribution in [3.8, 4) is 0 Å². The van der Waals surface area contributed by atoms with Crippen molar-refractivity contribution in [3.63, 3.8) is 0 Å². The summed E-state index contributed by atoms with van der Waals surface area (Å²) in [6.07, 6.45) is 4.33. The summed E-state index contributed by atoms with van der Waals surface area (Å²) in [5, 5.41) is 2.96. The van der Waals surface area contributed by atoms with E-state index in [1.165, 1.54) is 0 Å². The quantitative estimate of drug-likeness (QED) is 0.798. The molecule has 0 aromatic carbocycles. The van der Waals surface area contributed by atoms with Crippen molar-refractivity contribution in [1.29, 1.82) is 0 Å². The van der Waals surface area contributed by atoms with E-state index in [1.54, 1.807) is 0 Å². The molecular formula is C14H23NO4. The lowest BCUT2D eigenvalue weighted by Crippen LogP contribution is -2.63. The molecule has 5 nitrogen and oxygen atoms in total. The Morgan fingerprint density at radius 2 is 1.95 bits per heavy atom. The molecule has 1 saturated carbocycles. The second-order valence-electron chi connectivity index (χ2n) is 6.75. The molecule has 0 radical (unpaired) electrons. The zero-order valence-electron chi connectivity index (χ0n) is 12.0. The third-order valence-corrected chi connectivity index (χ3v) is 3.99. The van der Waals surface area contributed by atoms with Crippen LogP contribution in [-0.2, 0) is 14.3 Å². The number of rotatable bonds is 3. The number of fused-ring (bicyclic) bond motifs is 3. The van der Waals surface area contributed by atoms with Crippen LogP contribution in [0.15, 0.2) is 0 Å². The van der Waals surface area contributed by atoms with Gasteiger partial charge in [0.2, 0.25) is 0 Å². The van der Waals surface area contributed by atoms with Gasteiger partial charge >= 0.3 is 6.09 Å². The molecule has 2 heterocycles. The van der Waals surface area contributed by atoms with E-state index in [-0.39, 0.29) is 17.2 Å². The number of alkyl carbamates (subject to hydrolysis) is 1. The molecule has 2 aliphatic heterocycles. The SMILES string of the molecule is CC(C)(C)OC(=O)NC12CCC(CC=O)(CC1)OC2. The maximum absolute atomic E-state index is 11.9. The monoisotopic (exact) mass is 269 g/mol. The van der Waals surface area contributed by atoms with Crippen molar-refractivity contribution in [2.45, 2.75) is 69.6 Å². The normalized spacial score (nSPS) is 33.8. The lowest BCUT2D eigenvalue weighted by atomic mass is 9.70. The molecule has 3 fully saturated rings. The molecule has 3 rings (SSSR count). The van der Waals surface area contributed by atoms with Crippen LogP contribution in [0.3, 0.4) is 0 Å². The molecule has 1 aliphatic carbocycles. The van der Waals surface area contributed by atoms with Crippen LogP contribution in [0.2, 0.25) is 0 Å². The Morgan fingerprint density at radius 3 is 2.37 bits per heavy atom. The first-order valence-corrected chi connectivity index (χ1v) is 6.87. The second kappa shape index (κ2) is 4.78. The van der Waals surface area contributed by atoms with Crippen molar-refractivity contribution in [3.05, 3.63) is 0 Å². The number of carbonyl (C=O) groups excluding carboxylic acids is 2. The fraction of sp³-hybridized carbons (Fsp3) is 0.857. The first-order chi connectivity index (χ1) is 8.78. The lowest BCUT2D eigenvalue weighted by molar-refractivity contribution is -0.165. The van der Waals surface area contributed by atoms with Gasteiger partial charge in [-0.2, -0.15) is 0 Å². The van der Waals surface area contributed by atoms with Gasteiger partial charge in [-0.25, -0.2) is 4.79 Å². The minimum absolute atomic E-state index is 0.279. The molecule has 0 aromatic rings. The second-order valence-corrected chi connectivity index (χ2v) is 6.75. The van der Waals surface area contributed by atoms with Gasteiger partial charge in [0.25, 0.3) is 0 Å². The number of hydrogen-bond donors (Lipinski definition) is 1. The average Bonchev–Trinajstić information content (AvgIpc) is 2.29. The number of aldehydes is 1. The van der Waals surface area contributed by atoms with E-state index >= 15 is 0 Å². The summed E-state index contributed by atoms with van der Waals surface area (Å²) in [6, 6.07) is 0. The van der Waals surface area contributed by atoms with Crippen molar-refractivity contribution in [2.75, 3.05) is 6.61 Å². The molecule has 1 N–H and O–H groups in total. The Hall–Kier alpha value is -1.10. The molecule has 5 heteroatoms. The van der Waals surface area contributed by atoms with Crippen LogP contribution in [0.5, 0.6) is 0 Å². The Balaban J connectivity index is 1.93. The van der Waals surface area contributed by atoms with E-state index in [4.69, 9.17) is 9.47 Å². The Bertz CT molecular complexity index is 348. The van der Waals surface area contributed by atoms with Gasteiger partial charge in [-0.05, 0) is 46.5 Å². The largest absolute Gasteiger partial charge is 0.444 e. The van der Waals surface area contributed by atoms with Crippen LogP contribution >= 0.6 is 0 Å². The molecule has 2 bridgehead atoms. The summed E-state index contributed by atoms with van der Waals surface area (Å²) in [5.41, 5.74) is -1.09. The van der Waals surface area contributed by atoms with Crippen LogP contribution in [0.4, 0.5) is 4.79 Å². The number of amides is 1. The summed E-state index contributed by atoms with van der Waals surface area (Å²) >= 11 is 0. The first-order valence-electron chi connectivity index (χ1n) is 6.87. The zero-order valence-corrected chi connectivity index (χ0v) is 12.0. The highest BCUT2D eigenvalue weighted by Gasteiger charge is 2.50. The fourth-order valence-electron chi connectivity index (χ4n) is 2.86.